The maximum Gasteiger partial charge on any atom is 0.291 e. The van der Waals surface area contributed by atoms with Crippen LogP contribution in [0.15, 0.2) is 0 Å². The lowest BCUT2D eigenvalue weighted by molar-refractivity contribution is -0.111. The maximum absolute atomic E-state index is 11.9. The molecule has 0 aliphatic heterocycles. The summed E-state index contributed by atoms with van der Waals surface area (Å²) in [5.74, 6) is -6.35. The molecule has 0 fully saturated rings. The third kappa shape index (κ3) is 1.69. The van der Waals surface area contributed by atoms with Crippen molar-refractivity contribution in [2.45, 2.75) is 25.6 Å². The van der Waals surface area contributed by atoms with Crippen molar-refractivity contribution in [3.63, 3.8) is 0 Å². The Morgan fingerprint density at radius 3 is 1.25 bits per heavy atom. The van der Waals surface area contributed by atoms with Crippen LogP contribution in [0.3, 0.4) is 0 Å². The fourth-order valence-corrected chi connectivity index (χ4v) is 0. The van der Waals surface area contributed by atoms with Gasteiger partial charge < -0.3 is 0 Å². The fraction of sp³-hybridized carbons (Fsp3) is 1.00. The van der Waals surface area contributed by atoms with Gasteiger partial charge in [0.15, 0.2) is 0 Å². The number of nitrogens with two attached hydrogens (primary N) is 1. The molecule has 0 aromatic rings. The average molecular weight is 127 g/mol. The quantitative estimate of drug-likeness (QED) is 0.527. The number of hydrogen-bond donors (Lipinski definition) is 1. The molecule has 2 N–H and O–H groups in total. The normalized spacial score (nSPS) is 20.2. The summed E-state index contributed by atoms with van der Waals surface area (Å²) in [7, 11) is 0. The second-order valence-electron chi connectivity index (χ2n) is 1.96. The zero-order valence-corrected chi connectivity index (χ0v) is 4.71. The van der Waals surface area contributed by atoms with Crippen molar-refractivity contribution in [2.75, 3.05) is 0 Å². The summed E-state index contributed by atoms with van der Waals surface area (Å²) >= 11 is 0. The minimum absolute atomic E-state index is 0.438. The Morgan fingerprint density at radius 2 is 1.25 bits per heavy atom. The van der Waals surface area contributed by atoms with Crippen molar-refractivity contribution in [3.05, 3.63) is 0 Å². The highest BCUT2D eigenvalue weighted by atomic mass is 19.3. The molecule has 1 nitrogen and oxygen atoms in total. The molecule has 0 rings (SSSR count). The number of rotatable bonds is 1. The first-order chi connectivity index (χ1) is 3.25. The first kappa shape index (κ1) is 7.75. The summed E-state index contributed by atoms with van der Waals surface area (Å²) in [5.41, 5.74) is 4.40. The van der Waals surface area contributed by atoms with E-state index in [0.717, 1.165) is 0 Å². The Balaban J connectivity index is 4.02. The lowest BCUT2D eigenvalue weighted by atomic mass is 10.2. The van der Waals surface area contributed by atoms with E-state index >= 15 is 0 Å². The van der Waals surface area contributed by atoms with Gasteiger partial charge in [0.25, 0.3) is 5.92 Å². The van der Waals surface area contributed by atoms with Gasteiger partial charge in [0.05, 0.1) is 0 Å². The van der Waals surface area contributed by atoms with Gasteiger partial charge in [-0.05, 0) is 6.92 Å². The van der Waals surface area contributed by atoms with Crippen LogP contribution in [-0.2, 0) is 0 Å². The molecule has 0 heterocycles. The summed E-state index contributed by atoms with van der Waals surface area (Å²) in [6.07, 6.45) is 0. The Bertz CT molecular complexity index is 66.3. The molecule has 8 heavy (non-hydrogen) atoms. The second-order valence-corrected chi connectivity index (χ2v) is 1.96. The first-order valence-corrected chi connectivity index (χ1v) is 2.11. The highest BCUT2D eigenvalue weighted by Crippen LogP contribution is 2.25. The number of alkyl halides is 3. The highest BCUT2D eigenvalue weighted by Gasteiger charge is 2.43. The number of halogens is 3. The number of hydrogen-bond acceptors (Lipinski definition) is 1. The Labute approximate surface area is 45.7 Å². The lowest BCUT2D eigenvalue weighted by Gasteiger charge is -2.21. The van der Waals surface area contributed by atoms with Crippen LogP contribution in [0.4, 0.5) is 13.2 Å². The molecule has 0 saturated heterocycles. The van der Waals surface area contributed by atoms with E-state index in [2.05, 4.69) is 5.73 Å². The summed E-state index contributed by atoms with van der Waals surface area (Å²) in [6, 6.07) is 0. The summed E-state index contributed by atoms with van der Waals surface area (Å²) < 4.78 is 35.4. The molecular weight excluding hydrogens is 119 g/mol. The van der Waals surface area contributed by atoms with Crippen molar-refractivity contribution in [2.24, 2.45) is 5.73 Å². The topological polar surface area (TPSA) is 26.0 Å². The minimum atomic E-state index is -3.45. The van der Waals surface area contributed by atoms with E-state index in [0.29, 0.717) is 13.8 Å². The van der Waals surface area contributed by atoms with Gasteiger partial charge in [0.2, 0.25) is 5.79 Å². The Morgan fingerprint density at radius 1 is 1.12 bits per heavy atom. The van der Waals surface area contributed by atoms with Gasteiger partial charge in [0.1, 0.15) is 0 Å². The van der Waals surface area contributed by atoms with Gasteiger partial charge in [-0.1, -0.05) is 0 Å². The van der Waals surface area contributed by atoms with E-state index in [1.165, 1.54) is 0 Å². The second kappa shape index (κ2) is 1.62. The average Bonchev–Trinajstić information content (AvgIpc) is 1.25. The molecule has 0 radical (unpaired) electrons. The largest absolute Gasteiger partial charge is 0.294 e. The third-order valence-corrected chi connectivity index (χ3v) is 0.858. The Hall–Kier alpha value is -0.250. The van der Waals surface area contributed by atoms with E-state index in [1.807, 2.05) is 0 Å². The van der Waals surface area contributed by atoms with Crippen LogP contribution in [0.2, 0.25) is 0 Å². The molecule has 0 aromatic heterocycles. The van der Waals surface area contributed by atoms with Crippen molar-refractivity contribution < 1.29 is 13.2 Å². The van der Waals surface area contributed by atoms with Gasteiger partial charge in [0, 0.05) is 6.92 Å². The van der Waals surface area contributed by atoms with Gasteiger partial charge in [-0.25, -0.2) is 13.2 Å². The van der Waals surface area contributed by atoms with Crippen molar-refractivity contribution in [3.8, 4) is 0 Å². The molecule has 0 spiro atoms. The van der Waals surface area contributed by atoms with Crippen LogP contribution < -0.4 is 5.73 Å². The fourth-order valence-electron chi connectivity index (χ4n) is 0. The van der Waals surface area contributed by atoms with Crippen molar-refractivity contribution in [1.29, 1.82) is 0 Å². The standard InChI is InChI=1S/C4H8F3N/c1-3(5,6)4(2,7)8/h8H2,1-2H3. The molecule has 0 aliphatic carbocycles. The molecule has 0 saturated carbocycles. The van der Waals surface area contributed by atoms with Crippen LogP contribution >= 0.6 is 0 Å². The smallest absolute Gasteiger partial charge is 0.291 e. The summed E-state index contributed by atoms with van der Waals surface area (Å²) in [4.78, 5) is 0. The van der Waals surface area contributed by atoms with Crippen LogP contribution in [0.1, 0.15) is 13.8 Å². The van der Waals surface area contributed by atoms with Crippen molar-refractivity contribution in [1.82, 2.24) is 0 Å². The monoisotopic (exact) mass is 127 g/mol. The molecule has 1 atom stereocenters. The van der Waals surface area contributed by atoms with Gasteiger partial charge in [-0.2, -0.15) is 0 Å². The van der Waals surface area contributed by atoms with Crippen LogP contribution in [0.25, 0.3) is 0 Å². The summed E-state index contributed by atoms with van der Waals surface area (Å²) in [6.45, 7) is 1.07. The molecule has 0 amide bonds. The first-order valence-electron chi connectivity index (χ1n) is 2.11. The van der Waals surface area contributed by atoms with E-state index in [9.17, 15) is 13.2 Å². The van der Waals surface area contributed by atoms with E-state index in [4.69, 9.17) is 0 Å². The van der Waals surface area contributed by atoms with E-state index in [1.54, 1.807) is 0 Å². The molecular formula is C4H8F3N. The zero-order chi connectivity index (χ0) is 7.00. The third-order valence-electron chi connectivity index (χ3n) is 0.858. The molecule has 0 aromatic carbocycles. The summed E-state index contributed by atoms with van der Waals surface area (Å²) in [5, 5.41) is 0. The Kier molecular flexibility index (Phi) is 1.57. The molecule has 4 heteroatoms. The lowest BCUT2D eigenvalue weighted by Crippen LogP contribution is -2.47. The van der Waals surface area contributed by atoms with Gasteiger partial charge in [-0.15, -0.1) is 0 Å². The van der Waals surface area contributed by atoms with Crippen LogP contribution in [0, 0.1) is 0 Å². The van der Waals surface area contributed by atoms with E-state index in [-0.39, 0.29) is 0 Å². The molecule has 0 aliphatic rings. The predicted octanol–water partition coefficient (Wildman–Crippen LogP) is 1.29. The SMILES string of the molecule is CC(N)(F)C(C)(F)F. The van der Waals surface area contributed by atoms with Crippen molar-refractivity contribution >= 4 is 0 Å². The highest BCUT2D eigenvalue weighted by molar-refractivity contribution is 4.78. The minimum Gasteiger partial charge on any atom is -0.294 e. The van der Waals surface area contributed by atoms with Crippen LogP contribution in [0.5, 0.6) is 0 Å². The molecule has 50 valence electrons. The van der Waals surface area contributed by atoms with Gasteiger partial charge >= 0.3 is 0 Å². The van der Waals surface area contributed by atoms with Crippen LogP contribution in [-0.4, -0.2) is 11.7 Å². The van der Waals surface area contributed by atoms with Gasteiger partial charge in [-0.3, -0.25) is 5.73 Å². The maximum atomic E-state index is 11.9. The molecule has 0 bridgehead atoms. The predicted molar refractivity (Wildman–Crippen MR) is 24.3 cm³/mol. The zero-order valence-electron chi connectivity index (χ0n) is 4.71. The van der Waals surface area contributed by atoms with E-state index < -0.39 is 11.7 Å². The molecule has 1 unspecified atom stereocenters.